The van der Waals surface area contributed by atoms with Gasteiger partial charge in [-0.05, 0) is 45.7 Å². The molecule has 0 saturated carbocycles. The zero-order valence-electron chi connectivity index (χ0n) is 16.5. The minimum absolute atomic E-state index is 0.184. The summed E-state index contributed by atoms with van der Waals surface area (Å²) in [5.41, 5.74) is -0.184. The summed E-state index contributed by atoms with van der Waals surface area (Å²) in [5.74, 6) is 1.53. The van der Waals surface area contributed by atoms with E-state index in [9.17, 15) is 4.79 Å². The molecule has 0 N–H and O–H groups in total. The fraction of sp³-hybridized carbons (Fsp3) is 0.800. The van der Waals surface area contributed by atoms with E-state index < -0.39 is 0 Å². The third-order valence-corrected chi connectivity index (χ3v) is 7.19. The van der Waals surface area contributed by atoms with E-state index >= 15 is 0 Å². The summed E-state index contributed by atoms with van der Waals surface area (Å²) < 4.78 is 2.11. The van der Waals surface area contributed by atoms with Crippen LogP contribution in [0.5, 0.6) is 0 Å². The number of carbonyl (C=O) groups excluding carboxylic acids is 1. The van der Waals surface area contributed by atoms with Crippen LogP contribution < -0.4 is 0 Å². The molecule has 6 nitrogen and oxygen atoms in total. The highest BCUT2D eigenvalue weighted by Gasteiger charge is 2.59. The van der Waals surface area contributed by atoms with E-state index in [2.05, 4.69) is 45.3 Å². The van der Waals surface area contributed by atoms with Gasteiger partial charge in [-0.2, -0.15) is 0 Å². The molecule has 6 heteroatoms. The van der Waals surface area contributed by atoms with Gasteiger partial charge >= 0.3 is 0 Å². The summed E-state index contributed by atoms with van der Waals surface area (Å²) in [5, 5.41) is 0. The number of aryl methyl sites for hydroxylation is 1. The lowest BCUT2D eigenvalue weighted by molar-refractivity contribution is -0.144. The van der Waals surface area contributed by atoms with Crippen LogP contribution in [0.3, 0.4) is 0 Å². The molecule has 1 amide bonds. The van der Waals surface area contributed by atoms with Crippen LogP contribution in [0.4, 0.5) is 0 Å². The standard InChI is InChI=1S/C20H33N5O/c1-4-20(19(26)24-10-5-9-22(2)12-13-24)14-16-6-7-17(20)25(16)15-18-21-8-11-23(18)3/h8,11,16-17H,4-7,9-10,12-15H2,1-3H3/t16-,17+,20+/m0/s1. The largest absolute Gasteiger partial charge is 0.341 e. The van der Waals surface area contributed by atoms with Crippen molar-refractivity contribution in [1.82, 2.24) is 24.3 Å². The second-order valence-electron chi connectivity index (χ2n) is 8.54. The topological polar surface area (TPSA) is 44.6 Å². The van der Waals surface area contributed by atoms with Crippen LogP contribution in [0.2, 0.25) is 0 Å². The molecule has 0 aromatic carbocycles. The van der Waals surface area contributed by atoms with Crippen LogP contribution in [-0.2, 0) is 18.4 Å². The Balaban J connectivity index is 1.54. The van der Waals surface area contributed by atoms with Crippen molar-refractivity contribution in [3.8, 4) is 0 Å². The average molecular weight is 360 g/mol. The highest BCUT2D eigenvalue weighted by atomic mass is 16.2. The fourth-order valence-corrected chi connectivity index (χ4v) is 5.58. The van der Waals surface area contributed by atoms with Crippen LogP contribution in [0.25, 0.3) is 0 Å². The van der Waals surface area contributed by atoms with Gasteiger partial charge in [0.2, 0.25) is 5.91 Å². The maximum Gasteiger partial charge on any atom is 0.230 e. The Labute approximate surface area is 157 Å². The number of imidazole rings is 1. The molecule has 26 heavy (non-hydrogen) atoms. The second-order valence-corrected chi connectivity index (χ2v) is 8.54. The molecule has 144 valence electrons. The normalized spacial score (nSPS) is 33.0. The Morgan fingerprint density at radius 2 is 2.08 bits per heavy atom. The number of rotatable bonds is 4. The van der Waals surface area contributed by atoms with Crippen LogP contribution in [0, 0.1) is 5.41 Å². The highest BCUT2D eigenvalue weighted by Crippen LogP contribution is 2.53. The zero-order valence-corrected chi connectivity index (χ0v) is 16.5. The predicted octanol–water partition coefficient (Wildman–Crippen LogP) is 1.72. The quantitative estimate of drug-likeness (QED) is 0.821. The van der Waals surface area contributed by atoms with Gasteiger partial charge in [0.15, 0.2) is 0 Å². The van der Waals surface area contributed by atoms with Gasteiger partial charge in [-0.15, -0.1) is 0 Å². The molecule has 2 bridgehead atoms. The number of hydrogen-bond acceptors (Lipinski definition) is 4. The van der Waals surface area contributed by atoms with Gasteiger partial charge in [0.1, 0.15) is 5.82 Å². The lowest BCUT2D eigenvalue weighted by Crippen LogP contribution is -2.51. The van der Waals surface area contributed by atoms with Crippen molar-refractivity contribution in [2.75, 3.05) is 33.2 Å². The average Bonchev–Trinajstić information content (AvgIpc) is 3.26. The molecular formula is C20H33N5O. The zero-order chi connectivity index (χ0) is 18.3. The maximum atomic E-state index is 13.7. The van der Waals surface area contributed by atoms with E-state index in [4.69, 9.17) is 0 Å². The predicted molar refractivity (Wildman–Crippen MR) is 102 cm³/mol. The SMILES string of the molecule is CC[C@@]1(C(=O)N2CCCN(C)CC2)C[C@@H]2CC[C@H]1N2Cc1nccn1C. The van der Waals surface area contributed by atoms with Crippen LogP contribution in [0.1, 0.15) is 44.9 Å². The first kappa shape index (κ1) is 18.0. The van der Waals surface area contributed by atoms with Crippen LogP contribution in [-0.4, -0.2) is 75.5 Å². The molecular weight excluding hydrogens is 326 g/mol. The number of likely N-dealkylation sites (N-methyl/N-ethyl adjacent to an activating group) is 1. The highest BCUT2D eigenvalue weighted by molar-refractivity contribution is 5.84. The number of hydrogen-bond donors (Lipinski definition) is 0. The van der Waals surface area contributed by atoms with Gasteiger partial charge in [-0.1, -0.05) is 6.92 Å². The first-order valence-corrected chi connectivity index (χ1v) is 10.2. The minimum Gasteiger partial charge on any atom is -0.341 e. The second kappa shape index (κ2) is 6.97. The molecule has 0 spiro atoms. The summed E-state index contributed by atoms with van der Waals surface area (Å²) in [6, 6.07) is 0.915. The molecule has 0 aliphatic carbocycles. The molecule has 1 aromatic rings. The van der Waals surface area contributed by atoms with Crippen LogP contribution in [0.15, 0.2) is 12.4 Å². The molecule has 3 atom stereocenters. The number of amides is 1. The Kier molecular flexibility index (Phi) is 4.82. The van der Waals surface area contributed by atoms with Crippen molar-refractivity contribution in [1.29, 1.82) is 0 Å². The summed E-state index contributed by atoms with van der Waals surface area (Å²) in [6.07, 6.45) is 9.35. The minimum atomic E-state index is -0.184. The van der Waals surface area contributed by atoms with Crippen molar-refractivity contribution in [2.24, 2.45) is 12.5 Å². The summed E-state index contributed by atoms with van der Waals surface area (Å²) in [4.78, 5) is 25.3. The maximum absolute atomic E-state index is 13.7. The summed E-state index contributed by atoms with van der Waals surface area (Å²) >= 11 is 0. The summed E-state index contributed by atoms with van der Waals surface area (Å²) in [7, 11) is 4.22. The molecule has 4 heterocycles. The van der Waals surface area contributed by atoms with Crippen molar-refractivity contribution >= 4 is 5.91 Å². The van der Waals surface area contributed by atoms with Gasteiger partial charge in [0.05, 0.1) is 12.0 Å². The van der Waals surface area contributed by atoms with Gasteiger partial charge in [-0.25, -0.2) is 4.98 Å². The number of nitrogens with zero attached hydrogens (tertiary/aromatic N) is 5. The van der Waals surface area contributed by atoms with Crippen molar-refractivity contribution in [2.45, 2.75) is 57.7 Å². The van der Waals surface area contributed by atoms with Gasteiger partial charge in [0.25, 0.3) is 0 Å². The molecule has 0 radical (unpaired) electrons. The molecule has 1 aromatic heterocycles. The van der Waals surface area contributed by atoms with E-state index in [-0.39, 0.29) is 5.41 Å². The monoisotopic (exact) mass is 359 g/mol. The first-order valence-electron chi connectivity index (χ1n) is 10.2. The number of fused-ring (bicyclic) bond motifs is 2. The molecule has 4 rings (SSSR count). The van der Waals surface area contributed by atoms with Crippen LogP contribution >= 0.6 is 0 Å². The Morgan fingerprint density at radius 3 is 2.81 bits per heavy atom. The summed E-state index contributed by atoms with van der Waals surface area (Å²) in [6.45, 7) is 6.99. The lowest BCUT2D eigenvalue weighted by Gasteiger charge is -2.39. The Hall–Kier alpha value is -1.40. The van der Waals surface area contributed by atoms with Crippen molar-refractivity contribution in [3.05, 3.63) is 18.2 Å². The van der Waals surface area contributed by atoms with E-state index in [0.29, 0.717) is 18.0 Å². The number of carbonyl (C=O) groups is 1. The molecule has 3 aliphatic rings. The molecule has 3 aliphatic heterocycles. The van der Waals surface area contributed by atoms with Gasteiger partial charge in [-0.3, -0.25) is 9.69 Å². The van der Waals surface area contributed by atoms with E-state index in [1.807, 2.05) is 12.4 Å². The number of aromatic nitrogens is 2. The van der Waals surface area contributed by atoms with Crippen molar-refractivity contribution < 1.29 is 4.79 Å². The Morgan fingerprint density at radius 1 is 1.23 bits per heavy atom. The van der Waals surface area contributed by atoms with Gasteiger partial charge in [0, 0.05) is 51.2 Å². The molecule has 0 unspecified atom stereocenters. The van der Waals surface area contributed by atoms with E-state index in [0.717, 1.165) is 64.2 Å². The smallest absolute Gasteiger partial charge is 0.230 e. The van der Waals surface area contributed by atoms with E-state index in [1.165, 1.54) is 6.42 Å². The third-order valence-electron chi connectivity index (χ3n) is 7.19. The first-order chi connectivity index (χ1) is 12.5. The molecule has 3 saturated heterocycles. The van der Waals surface area contributed by atoms with Crippen molar-refractivity contribution in [3.63, 3.8) is 0 Å². The van der Waals surface area contributed by atoms with E-state index in [1.54, 1.807) is 0 Å². The molecule has 3 fully saturated rings. The van der Waals surface area contributed by atoms with Gasteiger partial charge < -0.3 is 14.4 Å². The Bertz CT molecular complexity index is 658. The third kappa shape index (κ3) is 2.87. The lowest BCUT2D eigenvalue weighted by atomic mass is 9.70. The fourth-order valence-electron chi connectivity index (χ4n) is 5.58.